The Bertz CT molecular complexity index is 694. The van der Waals surface area contributed by atoms with E-state index in [0.717, 1.165) is 5.57 Å². The third-order valence-electron chi connectivity index (χ3n) is 2.69. The van der Waals surface area contributed by atoms with Crippen molar-refractivity contribution < 1.29 is 8.42 Å². The molecule has 6 nitrogen and oxygen atoms in total. The van der Waals surface area contributed by atoms with Gasteiger partial charge in [-0.15, -0.1) is 24.0 Å². The minimum atomic E-state index is -3.62. The number of hydrogen-bond acceptors (Lipinski definition) is 3. The van der Waals surface area contributed by atoms with Gasteiger partial charge in [0.05, 0.1) is 11.4 Å². The van der Waals surface area contributed by atoms with Gasteiger partial charge in [-0.05, 0) is 39.3 Å². The highest BCUT2D eigenvalue weighted by Crippen LogP contribution is 2.18. The van der Waals surface area contributed by atoms with Crippen molar-refractivity contribution in [1.82, 2.24) is 10.0 Å². The Hall–Kier alpha value is -1.13. The Morgan fingerprint density at radius 3 is 2.42 bits per heavy atom. The molecule has 24 heavy (non-hydrogen) atoms. The molecule has 0 aliphatic carbocycles. The van der Waals surface area contributed by atoms with Crippen LogP contribution in [0.4, 0.5) is 0 Å². The number of nitrogens with one attached hydrogen (secondary N) is 2. The second-order valence-electron chi connectivity index (χ2n) is 6.48. The van der Waals surface area contributed by atoms with E-state index in [1.807, 2.05) is 6.92 Å². The van der Waals surface area contributed by atoms with Crippen LogP contribution in [0.15, 0.2) is 46.3 Å². The van der Waals surface area contributed by atoms with Crippen LogP contribution < -0.4 is 15.8 Å². The van der Waals surface area contributed by atoms with Crippen LogP contribution in [0.25, 0.3) is 0 Å². The third-order valence-corrected chi connectivity index (χ3v) is 4.55. The van der Waals surface area contributed by atoms with Gasteiger partial charge in [-0.1, -0.05) is 30.4 Å². The van der Waals surface area contributed by atoms with Crippen LogP contribution in [-0.4, -0.2) is 26.5 Å². The predicted molar refractivity (Wildman–Crippen MR) is 110 cm³/mol. The maximum atomic E-state index is 12.5. The maximum absolute atomic E-state index is 12.5. The molecule has 0 bridgehead atoms. The summed E-state index contributed by atoms with van der Waals surface area (Å²) in [4.78, 5) is 4.40. The first-order chi connectivity index (χ1) is 10.5. The van der Waals surface area contributed by atoms with E-state index in [2.05, 4.69) is 21.6 Å². The van der Waals surface area contributed by atoms with Crippen LogP contribution in [0.2, 0.25) is 0 Å². The fourth-order valence-electron chi connectivity index (χ4n) is 1.82. The average Bonchev–Trinajstić information content (AvgIpc) is 2.40. The van der Waals surface area contributed by atoms with Crippen LogP contribution in [0.5, 0.6) is 0 Å². The lowest BCUT2D eigenvalue weighted by Gasteiger charge is -2.21. The number of guanidine groups is 1. The smallest absolute Gasteiger partial charge is 0.241 e. The molecule has 1 aromatic carbocycles. The number of sulfonamides is 1. The molecule has 0 spiro atoms. The summed E-state index contributed by atoms with van der Waals surface area (Å²) < 4.78 is 27.7. The molecule has 0 unspecified atom stereocenters. The highest BCUT2D eigenvalue weighted by Gasteiger charge is 2.24. The van der Waals surface area contributed by atoms with Gasteiger partial charge < -0.3 is 11.1 Å². The molecule has 0 aromatic heterocycles. The maximum Gasteiger partial charge on any atom is 0.241 e. The first-order valence-electron chi connectivity index (χ1n) is 7.31. The molecule has 0 fully saturated rings. The second kappa shape index (κ2) is 9.38. The minimum Gasteiger partial charge on any atom is -0.370 e. The summed E-state index contributed by atoms with van der Waals surface area (Å²) in [5, 5.41) is 2.91. The predicted octanol–water partition coefficient (Wildman–Crippen LogP) is 2.36. The molecule has 0 atom stereocenters. The van der Waals surface area contributed by atoms with E-state index >= 15 is 0 Å². The van der Waals surface area contributed by atoms with E-state index in [-0.39, 0.29) is 41.4 Å². The molecule has 1 aromatic rings. The summed E-state index contributed by atoms with van der Waals surface area (Å²) in [6.07, 6.45) is 0. The molecule has 0 saturated heterocycles. The van der Waals surface area contributed by atoms with E-state index < -0.39 is 15.6 Å². The van der Waals surface area contributed by atoms with Crippen LogP contribution in [-0.2, 0) is 16.6 Å². The van der Waals surface area contributed by atoms with E-state index in [9.17, 15) is 8.42 Å². The van der Waals surface area contributed by atoms with Crippen molar-refractivity contribution in [3.8, 4) is 0 Å². The van der Waals surface area contributed by atoms with Crippen LogP contribution in [0, 0.1) is 0 Å². The van der Waals surface area contributed by atoms with Crippen molar-refractivity contribution in [1.29, 1.82) is 0 Å². The van der Waals surface area contributed by atoms with Gasteiger partial charge in [0, 0.05) is 12.1 Å². The molecule has 1 rings (SSSR count). The summed E-state index contributed by atoms with van der Waals surface area (Å²) in [6.45, 7) is 11.7. The van der Waals surface area contributed by atoms with Gasteiger partial charge in [-0.25, -0.2) is 18.1 Å². The molecule has 0 heterocycles. The molecule has 0 aliphatic heterocycles. The van der Waals surface area contributed by atoms with Crippen molar-refractivity contribution in [3.05, 3.63) is 42.0 Å². The molecule has 0 radical (unpaired) electrons. The van der Waals surface area contributed by atoms with Gasteiger partial charge in [0.1, 0.15) is 0 Å². The Kier molecular flexibility index (Phi) is 8.94. The monoisotopic (exact) mass is 466 g/mol. The lowest BCUT2D eigenvalue weighted by atomic mass is 10.1. The molecule has 136 valence electrons. The summed E-state index contributed by atoms with van der Waals surface area (Å²) >= 11 is 0. The Labute approximate surface area is 162 Å². The van der Waals surface area contributed by atoms with E-state index in [1.54, 1.807) is 45.0 Å². The summed E-state index contributed by atoms with van der Waals surface area (Å²) in [7, 11) is -3.62. The van der Waals surface area contributed by atoms with Crippen molar-refractivity contribution in [2.45, 2.75) is 44.7 Å². The summed E-state index contributed by atoms with van der Waals surface area (Å²) in [5.74, 6) is 0.254. The van der Waals surface area contributed by atoms with Gasteiger partial charge in [0.2, 0.25) is 10.0 Å². The Morgan fingerprint density at radius 2 is 1.88 bits per heavy atom. The van der Waals surface area contributed by atoms with Gasteiger partial charge in [0.25, 0.3) is 0 Å². The fourth-order valence-corrected chi connectivity index (χ4v) is 3.47. The summed E-state index contributed by atoms with van der Waals surface area (Å²) in [5.41, 5.74) is 6.72. The van der Waals surface area contributed by atoms with Crippen molar-refractivity contribution in [2.24, 2.45) is 10.7 Å². The lowest BCUT2D eigenvalue weighted by Crippen LogP contribution is -2.40. The first-order valence-corrected chi connectivity index (χ1v) is 8.79. The molecule has 0 aliphatic rings. The number of halogens is 1. The van der Waals surface area contributed by atoms with Gasteiger partial charge in [0.15, 0.2) is 5.96 Å². The molecule has 4 N–H and O–H groups in total. The van der Waals surface area contributed by atoms with E-state index in [0.29, 0.717) is 12.1 Å². The SMILES string of the molecule is C=C(C)CNC(N)=NCc1ccccc1S(=O)(=O)NC(C)(C)C.I. The zero-order chi connectivity index (χ0) is 17.7. The topological polar surface area (TPSA) is 96.6 Å². The number of rotatable bonds is 6. The van der Waals surface area contributed by atoms with Crippen LogP contribution in [0.1, 0.15) is 33.3 Å². The number of hydrogen-bond donors (Lipinski definition) is 3. The molecular weight excluding hydrogens is 439 g/mol. The van der Waals surface area contributed by atoms with Gasteiger partial charge >= 0.3 is 0 Å². The standard InChI is InChI=1S/C16H26N4O2S.HI/c1-12(2)10-18-15(17)19-11-13-8-6-7-9-14(13)23(21,22)20-16(3,4)5;/h6-9,20H,1,10-11H2,2-5H3,(H3,17,18,19);1H. The van der Waals surface area contributed by atoms with Crippen LogP contribution in [0.3, 0.4) is 0 Å². The van der Waals surface area contributed by atoms with E-state index in [4.69, 9.17) is 5.73 Å². The largest absolute Gasteiger partial charge is 0.370 e. The highest BCUT2D eigenvalue weighted by atomic mass is 127. The quantitative estimate of drug-likeness (QED) is 0.260. The zero-order valence-electron chi connectivity index (χ0n) is 14.6. The molecule has 0 saturated carbocycles. The highest BCUT2D eigenvalue weighted by molar-refractivity contribution is 14.0. The Balaban J connectivity index is 0.00000529. The van der Waals surface area contributed by atoms with Crippen LogP contribution >= 0.6 is 24.0 Å². The van der Waals surface area contributed by atoms with Gasteiger partial charge in [-0.2, -0.15) is 0 Å². The average molecular weight is 466 g/mol. The van der Waals surface area contributed by atoms with Gasteiger partial charge in [-0.3, -0.25) is 0 Å². The minimum absolute atomic E-state index is 0. The fraction of sp³-hybridized carbons (Fsp3) is 0.438. The number of nitrogens with zero attached hydrogens (tertiary/aromatic N) is 1. The molecule has 8 heteroatoms. The number of aliphatic imine (C=N–C) groups is 1. The zero-order valence-corrected chi connectivity index (χ0v) is 17.7. The second-order valence-corrected chi connectivity index (χ2v) is 8.13. The normalized spacial score (nSPS) is 12.4. The number of nitrogens with two attached hydrogens (primary N) is 1. The third kappa shape index (κ3) is 8.11. The molecular formula is C16H27IN4O2S. The lowest BCUT2D eigenvalue weighted by molar-refractivity contribution is 0.491. The number of benzene rings is 1. The van der Waals surface area contributed by atoms with Crippen molar-refractivity contribution in [2.75, 3.05) is 6.54 Å². The molecule has 0 amide bonds. The summed E-state index contributed by atoms with van der Waals surface area (Å²) in [6, 6.07) is 6.76. The first kappa shape index (κ1) is 22.9. The van der Waals surface area contributed by atoms with Crippen molar-refractivity contribution >= 4 is 40.0 Å². The van der Waals surface area contributed by atoms with Crippen molar-refractivity contribution in [3.63, 3.8) is 0 Å². The van der Waals surface area contributed by atoms with E-state index in [1.165, 1.54) is 0 Å². The Morgan fingerprint density at radius 1 is 1.29 bits per heavy atom.